The minimum absolute atomic E-state index is 0.244. The lowest BCUT2D eigenvalue weighted by molar-refractivity contribution is 0.0696. The number of hydrogen-bond acceptors (Lipinski definition) is 3. The zero-order valence-corrected chi connectivity index (χ0v) is 10.8. The molecule has 0 bridgehead atoms. The molecule has 1 heterocycles. The standard InChI is InChI=1S/C14H20N2O2/c1-16(12-6-4-2-3-5-7-12)13-9-8-11(10-15-13)14(17)18/h8-10,12H,2-7H2,1H3,(H,17,18). The van der Waals surface area contributed by atoms with E-state index in [2.05, 4.69) is 16.9 Å². The molecule has 1 aromatic rings. The number of aromatic nitrogens is 1. The quantitative estimate of drug-likeness (QED) is 0.836. The first kappa shape index (κ1) is 12.9. The molecule has 0 spiro atoms. The van der Waals surface area contributed by atoms with E-state index in [0.29, 0.717) is 6.04 Å². The van der Waals surface area contributed by atoms with Gasteiger partial charge in [-0.2, -0.15) is 0 Å². The molecule has 0 aliphatic heterocycles. The van der Waals surface area contributed by atoms with Crippen molar-refractivity contribution in [3.63, 3.8) is 0 Å². The largest absolute Gasteiger partial charge is 0.478 e. The summed E-state index contributed by atoms with van der Waals surface area (Å²) in [6, 6.07) is 3.96. The van der Waals surface area contributed by atoms with Gasteiger partial charge in [0.15, 0.2) is 0 Å². The van der Waals surface area contributed by atoms with Crippen LogP contribution >= 0.6 is 0 Å². The van der Waals surface area contributed by atoms with Gasteiger partial charge in [-0.05, 0) is 25.0 Å². The van der Waals surface area contributed by atoms with Gasteiger partial charge in [-0.1, -0.05) is 25.7 Å². The maximum atomic E-state index is 10.8. The summed E-state index contributed by atoms with van der Waals surface area (Å²) in [6.45, 7) is 0. The predicted molar refractivity (Wildman–Crippen MR) is 71.1 cm³/mol. The van der Waals surface area contributed by atoms with Crippen LogP contribution in [0, 0.1) is 0 Å². The van der Waals surface area contributed by atoms with Crippen molar-refractivity contribution in [3.05, 3.63) is 23.9 Å². The predicted octanol–water partition coefficient (Wildman–Crippen LogP) is 2.94. The first-order valence-electron chi connectivity index (χ1n) is 6.60. The van der Waals surface area contributed by atoms with Crippen molar-refractivity contribution in [1.29, 1.82) is 0 Å². The Balaban J connectivity index is 2.07. The van der Waals surface area contributed by atoms with E-state index in [4.69, 9.17) is 5.11 Å². The van der Waals surface area contributed by atoms with Gasteiger partial charge in [-0.3, -0.25) is 0 Å². The number of carbonyl (C=O) groups is 1. The van der Waals surface area contributed by atoms with Gasteiger partial charge >= 0.3 is 5.97 Å². The number of nitrogens with zero attached hydrogens (tertiary/aromatic N) is 2. The van der Waals surface area contributed by atoms with Gasteiger partial charge < -0.3 is 10.0 Å². The summed E-state index contributed by atoms with van der Waals surface area (Å²) >= 11 is 0. The lowest BCUT2D eigenvalue weighted by Gasteiger charge is -2.28. The van der Waals surface area contributed by atoms with Crippen LogP contribution in [0.1, 0.15) is 48.9 Å². The number of anilines is 1. The molecule has 1 saturated carbocycles. The van der Waals surface area contributed by atoms with E-state index in [1.54, 1.807) is 12.1 Å². The van der Waals surface area contributed by atoms with Gasteiger partial charge in [0.05, 0.1) is 5.56 Å². The van der Waals surface area contributed by atoms with Crippen LogP contribution in [0.3, 0.4) is 0 Å². The van der Waals surface area contributed by atoms with Gasteiger partial charge in [-0.25, -0.2) is 9.78 Å². The molecule has 1 N–H and O–H groups in total. The molecule has 0 unspecified atom stereocenters. The lowest BCUT2D eigenvalue weighted by Crippen LogP contribution is -2.31. The highest BCUT2D eigenvalue weighted by Gasteiger charge is 2.18. The van der Waals surface area contributed by atoms with Crippen LogP contribution in [0.2, 0.25) is 0 Å². The van der Waals surface area contributed by atoms with Gasteiger partial charge in [0, 0.05) is 19.3 Å². The summed E-state index contributed by atoms with van der Waals surface area (Å²) in [6.07, 6.45) is 9.07. The fraction of sp³-hybridized carbons (Fsp3) is 0.571. The highest BCUT2D eigenvalue weighted by atomic mass is 16.4. The summed E-state index contributed by atoms with van der Waals surface area (Å²) in [5.74, 6) is -0.0573. The Kier molecular flexibility index (Phi) is 4.18. The second kappa shape index (κ2) is 5.85. The fourth-order valence-corrected chi connectivity index (χ4v) is 2.55. The summed E-state index contributed by atoms with van der Waals surface area (Å²) in [4.78, 5) is 17.2. The highest BCUT2D eigenvalue weighted by Crippen LogP contribution is 2.24. The zero-order valence-electron chi connectivity index (χ0n) is 10.8. The molecular weight excluding hydrogens is 228 g/mol. The van der Waals surface area contributed by atoms with E-state index in [1.807, 2.05) is 0 Å². The summed E-state index contributed by atoms with van der Waals surface area (Å²) in [5, 5.41) is 8.85. The van der Waals surface area contributed by atoms with Crippen LogP contribution < -0.4 is 4.90 Å². The summed E-state index contributed by atoms with van der Waals surface area (Å²) < 4.78 is 0. The van der Waals surface area contributed by atoms with Crippen molar-refractivity contribution >= 4 is 11.8 Å². The van der Waals surface area contributed by atoms with E-state index < -0.39 is 5.97 Å². The Bertz CT molecular complexity index is 395. The first-order chi connectivity index (χ1) is 8.68. The van der Waals surface area contributed by atoms with Gasteiger partial charge in [0.1, 0.15) is 5.82 Å². The molecule has 1 aliphatic carbocycles. The number of hydrogen-bond donors (Lipinski definition) is 1. The normalized spacial score (nSPS) is 17.2. The molecule has 98 valence electrons. The number of carboxylic acid groups (broad SMARTS) is 1. The molecule has 0 saturated heterocycles. The smallest absolute Gasteiger partial charge is 0.337 e. The van der Waals surface area contributed by atoms with Crippen LogP contribution in [-0.2, 0) is 0 Å². The van der Waals surface area contributed by atoms with Gasteiger partial charge in [0.2, 0.25) is 0 Å². The Hall–Kier alpha value is -1.58. The van der Waals surface area contributed by atoms with Crippen LogP contribution in [0.5, 0.6) is 0 Å². The summed E-state index contributed by atoms with van der Waals surface area (Å²) in [7, 11) is 2.05. The molecule has 4 nitrogen and oxygen atoms in total. The average molecular weight is 248 g/mol. The third kappa shape index (κ3) is 3.00. The second-order valence-electron chi connectivity index (χ2n) is 4.97. The molecular formula is C14H20N2O2. The third-order valence-electron chi connectivity index (χ3n) is 3.73. The highest BCUT2D eigenvalue weighted by molar-refractivity contribution is 5.87. The number of carboxylic acids is 1. The van der Waals surface area contributed by atoms with Crippen LogP contribution in [0.25, 0.3) is 0 Å². The van der Waals surface area contributed by atoms with Crippen LogP contribution in [0.4, 0.5) is 5.82 Å². The lowest BCUT2D eigenvalue weighted by atomic mass is 10.1. The minimum atomic E-state index is -0.925. The van der Waals surface area contributed by atoms with Crippen LogP contribution in [-0.4, -0.2) is 29.1 Å². The van der Waals surface area contributed by atoms with Crippen molar-refractivity contribution < 1.29 is 9.90 Å². The maximum Gasteiger partial charge on any atom is 0.337 e. The average Bonchev–Trinajstić information content (AvgIpc) is 2.67. The van der Waals surface area contributed by atoms with E-state index in [-0.39, 0.29) is 5.56 Å². The van der Waals surface area contributed by atoms with Crippen molar-refractivity contribution in [3.8, 4) is 0 Å². The zero-order chi connectivity index (χ0) is 13.0. The van der Waals surface area contributed by atoms with E-state index >= 15 is 0 Å². The van der Waals surface area contributed by atoms with Crippen molar-refractivity contribution in [1.82, 2.24) is 4.98 Å². The second-order valence-corrected chi connectivity index (χ2v) is 4.97. The monoisotopic (exact) mass is 248 g/mol. The Morgan fingerprint density at radius 2 is 1.94 bits per heavy atom. The molecule has 4 heteroatoms. The Labute approximate surface area is 108 Å². The maximum absolute atomic E-state index is 10.8. The molecule has 1 aliphatic rings. The molecule has 18 heavy (non-hydrogen) atoms. The van der Waals surface area contributed by atoms with Crippen molar-refractivity contribution in [2.24, 2.45) is 0 Å². The molecule has 2 rings (SSSR count). The van der Waals surface area contributed by atoms with Crippen molar-refractivity contribution in [2.75, 3.05) is 11.9 Å². The number of aromatic carboxylic acids is 1. The number of rotatable bonds is 3. The first-order valence-corrected chi connectivity index (χ1v) is 6.60. The van der Waals surface area contributed by atoms with Gasteiger partial charge in [0.25, 0.3) is 0 Å². The SMILES string of the molecule is CN(c1ccc(C(=O)O)cn1)C1CCCCCC1. The third-order valence-corrected chi connectivity index (χ3v) is 3.73. The molecule has 0 atom stereocenters. The number of pyridine rings is 1. The van der Waals surface area contributed by atoms with Crippen molar-refractivity contribution in [2.45, 2.75) is 44.6 Å². The van der Waals surface area contributed by atoms with Crippen LogP contribution in [0.15, 0.2) is 18.3 Å². The van der Waals surface area contributed by atoms with E-state index in [0.717, 1.165) is 5.82 Å². The van der Waals surface area contributed by atoms with E-state index in [9.17, 15) is 4.79 Å². The Morgan fingerprint density at radius 1 is 1.28 bits per heavy atom. The molecule has 1 aromatic heterocycles. The topological polar surface area (TPSA) is 53.4 Å². The molecule has 1 fully saturated rings. The molecule has 0 aromatic carbocycles. The molecule has 0 amide bonds. The minimum Gasteiger partial charge on any atom is -0.478 e. The van der Waals surface area contributed by atoms with Gasteiger partial charge in [-0.15, -0.1) is 0 Å². The Morgan fingerprint density at radius 3 is 2.44 bits per heavy atom. The fourth-order valence-electron chi connectivity index (χ4n) is 2.55. The van der Waals surface area contributed by atoms with E-state index in [1.165, 1.54) is 44.7 Å². The summed E-state index contributed by atoms with van der Waals surface area (Å²) in [5.41, 5.74) is 0.244. The molecule has 0 radical (unpaired) electrons.